The lowest BCUT2D eigenvalue weighted by Gasteiger charge is -2.34. The van der Waals surface area contributed by atoms with Gasteiger partial charge in [-0.25, -0.2) is 18.0 Å². The minimum absolute atomic E-state index is 0.243. The van der Waals surface area contributed by atoms with Gasteiger partial charge in [-0.1, -0.05) is 6.92 Å². The van der Waals surface area contributed by atoms with Crippen molar-refractivity contribution in [3.63, 3.8) is 0 Å². The van der Waals surface area contributed by atoms with Crippen molar-refractivity contribution in [2.24, 2.45) is 0 Å². The van der Waals surface area contributed by atoms with E-state index in [4.69, 9.17) is 5.11 Å². The largest absolute Gasteiger partial charge is 0.480 e. The molecule has 1 aliphatic rings. The number of amides is 2. The summed E-state index contributed by atoms with van der Waals surface area (Å²) in [6.45, 7) is 1.93. The molecule has 1 rings (SSSR count). The predicted octanol–water partition coefficient (Wildman–Crippen LogP) is -0.0213. The van der Waals surface area contributed by atoms with Crippen molar-refractivity contribution in [2.45, 2.75) is 24.8 Å². The van der Waals surface area contributed by atoms with Crippen molar-refractivity contribution < 1.29 is 23.1 Å². The van der Waals surface area contributed by atoms with Crippen LogP contribution in [0.15, 0.2) is 0 Å². The first-order chi connectivity index (χ1) is 8.77. The van der Waals surface area contributed by atoms with Crippen LogP contribution < -0.4 is 5.32 Å². The highest BCUT2D eigenvalue weighted by Crippen LogP contribution is 2.20. The summed E-state index contributed by atoms with van der Waals surface area (Å²) in [7, 11) is -3.39. The molecule has 2 N–H and O–H groups in total. The molecule has 9 heteroatoms. The second-order valence-corrected chi connectivity index (χ2v) is 7.65. The van der Waals surface area contributed by atoms with Crippen LogP contribution in [0.5, 0.6) is 0 Å². The molecule has 0 radical (unpaired) electrons. The molecule has 7 nitrogen and oxygen atoms in total. The van der Waals surface area contributed by atoms with Crippen molar-refractivity contribution >= 4 is 33.6 Å². The second kappa shape index (κ2) is 6.47. The van der Waals surface area contributed by atoms with Gasteiger partial charge in [0.25, 0.3) is 0 Å². The van der Waals surface area contributed by atoms with E-state index in [2.05, 4.69) is 5.32 Å². The van der Waals surface area contributed by atoms with Gasteiger partial charge in [-0.15, -0.1) is 0 Å². The number of nitrogens with one attached hydrogen (secondary N) is 1. The number of rotatable bonds is 4. The standard InChI is InChI=1S/C10H18N2O5S2/c1-3-7(9(13)14)11-10(15)12-4-5-18-6-8(12)19(2,16)17/h7-8H,3-6H2,1-2H3,(H,11,15)(H,13,14)/t7-,8?/m0/s1. The molecular weight excluding hydrogens is 292 g/mol. The summed E-state index contributed by atoms with van der Waals surface area (Å²) >= 11 is 1.46. The van der Waals surface area contributed by atoms with Gasteiger partial charge in [0.2, 0.25) is 0 Å². The second-order valence-electron chi connectivity index (χ2n) is 4.30. The molecule has 0 saturated carbocycles. The van der Waals surface area contributed by atoms with Crippen LogP contribution in [0.25, 0.3) is 0 Å². The fourth-order valence-corrected chi connectivity index (χ4v) is 4.55. The Labute approximate surface area is 116 Å². The third-order valence-corrected chi connectivity index (χ3v) is 5.49. The van der Waals surface area contributed by atoms with E-state index in [1.807, 2.05) is 0 Å². The molecule has 0 aromatic rings. The molecule has 2 atom stereocenters. The first kappa shape index (κ1) is 16.1. The van der Waals surface area contributed by atoms with E-state index >= 15 is 0 Å². The van der Waals surface area contributed by atoms with Crippen molar-refractivity contribution in [3.05, 3.63) is 0 Å². The minimum Gasteiger partial charge on any atom is -0.480 e. The van der Waals surface area contributed by atoms with E-state index in [9.17, 15) is 18.0 Å². The quantitative estimate of drug-likeness (QED) is 0.756. The van der Waals surface area contributed by atoms with Crippen molar-refractivity contribution in [1.29, 1.82) is 0 Å². The normalized spacial score (nSPS) is 21.8. The Bertz CT molecular complexity index is 451. The average molecular weight is 310 g/mol. The van der Waals surface area contributed by atoms with E-state index in [1.165, 1.54) is 16.7 Å². The van der Waals surface area contributed by atoms with Gasteiger partial charge in [0.15, 0.2) is 9.84 Å². The van der Waals surface area contributed by atoms with Gasteiger partial charge in [-0.05, 0) is 6.42 Å². The number of carbonyl (C=O) groups is 2. The van der Waals surface area contributed by atoms with Crippen LogP contribution >= 0.6 is 11.8 Å². The molecule has 0 aromatic carbocycles. The molecule has 0 aliphatic carbocycles. The Morgan fingerprint density at radius 3 is 2.63 bits per heavy atom. The van der Waals surface area contributed by atoms with Crippen LogP contribution in [-0.4, -0.2) is 66.1 Å². The van der Waals surface area contributed by atoms with E-state index in [-0.39, 0.29) is 6.42 Å². The summed E-state index contributed by atoms with van der Waals surface area (Å²) < 4.78 is 23.3. The number of carbonyl (C=O) groups excluding carboxylic acids is 1. The van der Waals surface area contributed by atoms with Crippen LogP contribution in [0.1, 0.15) is 13.3 Å². The first-order valence-corrected chi connectivity index (χ1v) is 8.94. The topological polar surface area (TPSA) is 104 Å². The maximum absolute atomic E-state index is 12.0. The van der Waals surface area contributed by atoms with E-state index < -0.39 is 33.3 Å². The maximum atomic E-state index is 12.0. The monoisotopic (exact) mass is 310 g/mol. The van der Waals surface area contributed by atoms with Gasteiger partial charge >= 0.3 is 12.0 Å². The highest BCUT2D eigenvalue weighted by Gasteiger charge is 2.35. The number of nitrogens with zero attached hydrogens (tertiary/aromatic N) is 1. The summed E-state index contributed by atoms with van der Waals surface area (Å²) in [5.41, 5.74) is 0. The van der Waals surface area contributed by atoms with Crippen LogP contribution in [0, 0.1) is 0 Å². The average Bonchev–Trinajstić information content (AvgIpc) is 2.34. The molecule has 0 aromatic heterocycles. The lowest BCUT2D eigenvalue weighted by atomic mass is 10.2. The maximum Gasteiger partial charge on any atom is 0.326 e. The summed E-state index contributed by atoms with van der Waals surface area (Å²) in [5, 5.41) is 10.4. The fraction of sp³-hybridized carbons (Fsp3) is 0.800. The Hall–Kier alpha value is -0.960. The van der Waals surface area contributed by atoms with Crippen molar-refractivity contribution in [2.75, 3.05) is 24.3 Å². The molecule has 1 saturated heterocycles. The van der Waals surface area contributed by atoms with Gasteiger partial charge < -0.3 is 15.3 Å². The number of urea groups is 1. The van der Waals surface area contributed by atoms with Gasteiger partial charge in [-0.2, -0.15) is 11.8 Å². The summed E-state index contributed by atoms with van der Waals surface area (Å²) in [6, 6.07) is -1.63. The number of thioether (sulfide) groups is 1. The van der Waals surface area contributed by atoms with E-state index in [0.717, 1.165) is 6.26 Å². The molecule has 1 fully saturated rings. The third kappa shape index (κ3) is 4.27. The van der Waals surface area contributed by atoms with Crippen molar-refractivity contribution in [1.82, 2.24) is 10.2 Å². The van der Waals surface area contributed by atoms with Crippen LogP contribution in [0.2, 0.25) is 0 Å². The number of hydrogen-bond donors (Lipinski definition) is 2. The number of sulfone groups is 1. The third-order valence-electron chi connectivity index (χ3n) is 2.84. The molecule has 1 aliphatic heterocycles. The molecule has 110 valence electrons. The number of carboxylic acids is 1. The smallest absolute Gasteiger partial charge is 0.326 e. The number of carboxylic acid groups (broad SMARTS) is 1. The fourth-order valence-electron chi connectivity index (χ4n) is 1.74. The van der Waals surface area contributed by atoms with Crippen LogP contribution in [0.3, 0.4) is 0 Å². The zero-order valence-corrected chi connectivity index (χ0v) is 12.5. The summed E-state index contributed by atoms with van der Waals surface area (Å²) in [5.74, 6) is -0.169. The Morgan fingerprint density at radius 1 is 1.53 bits per heavy atom. The highest BCUT2D eigenvalue weighted by molar-refractivity contribution is 8.00. The van der Waals surface area contributed by atoms with Gasteiger partial charge in [0, 0.05) is 24.3 Å². The molecule has 1 heterocycles. The Morgan fingerprint density at radius 2 is 2.16 bits per heavy atom. The first-order valence-electron chi connectivity index (χ1n) is 5.84. The van der Waals surface area contributed by atoms with Crippen LogP contribution in [0.4, 0.5) is 4.79 Å². The van der Waals surface area contributed by atoms with E-state index in [0.29, 0.717) is 18.1 Å². The Balaban J connectivity index is 2.81. The van der Waals surface area contributed by atoms with Gasteiger partial charge in [0.1, 0.15) is 11.4 Å². The molecule has 19 heavy (non-hydrogen) atoms. The SMILES string of the molecule is CC[C@H](NC(=O)N1CCSCC1S(C)(=O)=O)C(=O)O. The van der Waals surface area contributed by atoms with Crippen LogP contribution in [-0.2, 0) is 14.6 Å². The summed E-state index contributed by atoms with van der Waals surface area (Å²) in [4.78, 5) is 24.1. The van der Waals surface area contributed by atoms with Gasteiger partial charge in [0.05, 0.1) is 0 Å². The molecule has 0 spiro atoms. The lowest BCUT2D eigenvalue weighted by molar-refractivity contribution is -0.139. The molecule has 2 amide bonds. The zero-order chi connectivity index (χ0) is 14.6. The summed E-state index contributed by atoms with van der Waals surface area (Å²) in [6.07, 6.45) is 1.32. The van der Waals surface area contributed by atoms with Crippen molar-refractivity contribution in [3.8, 4) is 0 Å². The zero-order valence-electron chi connectivity index (χ0n) is 10.8. The lowest BCUT2D eigenvalue weighted by Crippen LogP contribution is -2.56. The van der Waals surface area contributed by atoms with E-state index in [1.54, 1.807) is 6.92 Å². The predicted molar refractivity (Wildman–Crippen MR) is 72.9 cm³/mol. The number of hydrogen-bond acceptors (Lipinski definition) is 5. The molecule has 1 unspecified atom stereocenters. The Kier molecular flexibility index (Phi) is 5.48. The minimum atomic E-state index is -3.39. The molecule has 0 bridgehead atoms. The molecular formula is C10H18N2O5S2. The van der Waals surface area contributed by atoms with Gasteiger partial charge in [-0.3, -0.25) is 0 Å². The number of aliphatic carboxylic acids is 1. The highest BCUT2D eigenvalue weighted by atomic mass is 32.2.